The van der Waals surface area contributed by atoms with E-state index in [9.17, 15) is 4.79 Å². The van der Waals surface area contributed by atoms with Crippen molar-refractivity contribution in [2.75, 3.05) is 6.54 Å². The summed E-state index contributed by atoms with van der Waals surface area (Å²) in [7, 11) is 0. The van der Waals surface area contributed by atoms with Crippen molar-refractivity contribution in [1.82, 2.24) is 9.88 Å². The van der Waals surface area contributed by atoms with Crippen LogP contribution in [0.5, 0.6) is 0 Å². The second-order valence-electron chi connectivity index (χ2n) is 5.51. The van der Waals surface area contributed by atoms with E-state index in [0.717, 1.165) is 42.9 Å². The van der Waals surface area contributed by atoms with E-state index in [1.807, 2.05) is 19.1 Å². The molecule has 0 fully saturated rings. The van der Waals surface area contributed by atoms with Crippen LogP contribution in [0.3, 0.4) is 0 Å². The fourth-order valence-electron chi connectivity index (χ4n) is 2.84. The molecule has 2 heterocycles. The van der Waals surface area contributed by atoms with Crippen molar-refractivity contribution in [3.05, 3.63) is 64.5 Å². The number of pyridine rings is 1. The minimum Gasteiger partial charge on any atom is -0.477 e. The molecule has 4 heteroatoms. The van der Waals surface area contributed by atoms with Crippen molar-refractivity contribution in [2.45, 2.75) is 26.4 Å². The second-order valence-corrected chi connectivity index (χ2v) is 5.51. The van der Waals surface area contributed by atoms with Crippen LogP contribution in [0.4, 0.5) is 0 Å². The lowest BCUT2D eigenvalue weighted by Crippen LogP contribution is -2.31. The molecule has 21 heavy (non-hydrogen) atoms. The smallest absolute Gasteiger partial charge is 0.354 e. The summed E-state index contributed by atoms with van der Waals surface area (Å²) < 4.78 is 0. The molecule has 108 valence electrons. The quantitative estimate of drug-likeness (QED) is 0.940. The van der Waals surface area contributed by atoms with Gasteiger partial charge in [-0.05, 0) is 23.6 Å². The molecule has 1 aliphatic rings. The molecule has 1 N–H and O–H groups in total. The van der Waals surface area contributed by atoms with Gasteiger partial charge in [0, 0.05) is 31.7 Å². The van der Waals surface area contributed by atoms with Gasteiger partial charge in [-0.3, -0.25) is 4.90 Å². The number of nitrogens with zero attached hydrogens (tertiary/aromatic N) is 2. The summed E-state index contributed by atoms with van der Waals surface area (Å²) in [6.45, 7) is 4.47. The molecule has 0 radical (unpaired) electrons. The first-order valence-electron chi connectivity index (χ1n) is 7.12. The third-order valence-electron chi connectivity index (χ3n) is 3.89. The van der Waals surface area contributed by atoms with Gasteiger partial charge in [-0.2, -0.15) is 0 Å². The normalized spacial score (nSPS) is 14.7. The summed E-state index contributed by atoms with van der Waals surface area (Å²) >= 11 is 0. The zero-order valence-electron chi connectivity index (χ0n) is 12.0. The zero-order chi connectivity index (χ0) is 14.8. The summed E-state index contributed by atoms with van der Waals surface area (Å²) in [6, 6.07) is 12.4. The first-order valence-corrected chi connectivity index (χ1v) is 7.12. The Morgan fingerprint density at radius 1 is 1.33 bits per heavy atom. The second kappa shape index (κ2) is 5.66. The molecule has 1 aromatic carbocycles. The minimum atomic E-state index is -0.943. The monoisotopic (exact) mass is 282 g/mol. The van der Waals surface area contributed by atoms with Crippen LogP contribution in [-0.2, 0) is 19.5 Å². The summed E-state index contributed by atoms with van der Waals surface area (Å²) in [4.78, 5) is 17.8. The van der Waals surface area contributed by atoms with Crippen molar-refractivity contribution in [3.8, 4) is 0 Å². The lowest BCUT2D eigenvalue weighted by Gasteiger charge is -2.28. The minimum absolute atomic E-state index is 0.185. The molecule has 2 aromatic rings. The van der Waals surface area contributed by atoms with Gasteiger partial charge in [0.25, 0.3) is 0 Å². The molecular weight excluding hydrogens is 264 g/mol. The first-order chi connectivity index (χ1) is 10.1. The molecule has 0 aliphatic carbocycles. The van der Waals surface area contributed by atoms with Gasteiger partial charge < -0.3 is 5.11 Å². The fraction of sp³-hybridized carbons (Fsp3) is 0.294. The lowest BCUT2D eigenvalue weighted by atomic mass is 10.0. The number of carboxylic acids is 1. The van der Waals surface area contributed by atoms with Gasteiger partial charge in [-0.1, -0.05) is 36.4 Å². The summed E-state index contributed by atoms with van der Waals surface area (Å²) in [5.41, 5.74) is 4.31. The fourth-order valence-corrected chi connectivity index (χ4v) is 2.84. The third kappa shape index (κ3) is 2.95. The molecule has 0 unspecified atom stereocenters. The van der Waals surface area contributed by atoms with Crippen LogP contribution in [0.2, 0.25) is 0 Å². The first kappa shape index (κ1) is 13.8. The maximum absolute atomic E-state index is 11.1. The zero-order valence-corrected chi connectivity index (χ0v) is 12.0. The number of carboxylic acid groups (broad SMARTS) is 1. The number of aromatic carboxylic acids is 1. The standard InChI is InChI=1S/C17H18N2O2/c1-12-9-14-11-19(10-13-5-3-2-4-6-13)8-7-15(14)18-16(12)17(20)21/h2-6,9H,7-8,10-11H2,1H3,(H,20,21). The van der Waals surface area contributed by atoms with E-state index in [2.05, 4.69) is 34.1 Å². The molecule has 0 atom stereocenters. The highest BCUT2D eigenvalue weighted by molar-refractivity contribution is 5.87. The van der Waals surface area contributed by atoms with Crippen LogP contribution in [0.25, 0.3) is 0 Å². The SMILES string of the molecule is Cc1cc2c(nc1C(=O)O)CCN(Cc1ccccc1)C2. The summed E-state index contributed by atoms with van der Waals surface area (Å²) in [5, 5.41) is 9.14. The predicted octanol–water partition coefficient (Wildman–Crippen LogP) is 2.65. The molecule has 1 aliphatic heterocycles. The van der Waals surface area contributed by atoms with E-state index in [4.69, 9.17) is 5.11 Å². The Labute approximate surface area is 124 Å². The average molecular weight is 282 g/mol. The highest BCUT2D eigenvalue weighted by Crippen LogP contribution is 2.21. The van der Waals surface area contributed by atoms with E-state index in [1.165, 1.54) is 5.56 Å². The van der Waals surface area contributed by atoms with Crippen LogP contribution in [0, 0.1) is 6.92 Å². The van der Waals surface area contributed by atoms with Gasteiger partial charge in [0.05, 0.1) is 0 Å². The van der Waals surface area contributed by atoms with E-state index >= 15 is 0 Å². The maximum atomic E-state index is 11.1. The van der Waals surface area contributed by atoms with Crippen LogP contribution < -0.4 is 0 Å². The Balaban J connectivity index is 1.79. The molecule has 4 nitrogen and oxygen atoms in total. The van der Waals surface area contributed by atoms with Crippen molar-refractivity contribution < 1.29 is 9.90 Å². The topological polar surface area (TPSA) is 53.4 Å². The number of benzene rings is 1. The highest BCUT2D eigenvalue weighted by Gasteiger charge is 2.20. The van der Waals surface area contributed by atoms with Crippen molar-refractivity contribution >= 4 is 5.97 Å². The van der Waals surface area contributed by atoms with Gasteiger partial charge in [0.1, 0.15) is 0 Å². The van der Waals surface area contributed by atoms with E-state index in [0.29, 0.717) is 0 Å². The summed E-state index contributed by atoms with van der Waals surface area (Å²) in [6.07, 6.45) is 0.808. The van der Waals surface area contributed by atoms with Crippen LogP contribution >= 0.6 is 0 Å². The molecule has 0 bridgehead atoms. The van der Waals surface area contributed by atoms with Crippen molar-refractivity contribution in [3.63, 3.8) is 0 Å². The van der Waals surface area contributed by atoms with Gasteiger partial charge >= 0.3 is 5.97 Å². The highest BCUT2D eigenvalue weighted by atomic mass is 16.4. The van der Waals surface area contributed by atoms with Gasteiger partial charge in [-0.15, -0.1) is 0 Å². The molecule has 0 spiro atoms. The number of hydrogen-bond donors (Lipinski definition) is 1. The van der Waals surface area contributed by atoms with Crippen LogP contribution in [-0.4, -0.2) is 27.5 Å². The molecule has 0 saturated heterocycles. The molecular formula is C17H18N2O2. The Kier molecular flexibility index (Phi) is 3.71. The Bertz CT molecular complexity index is 668. The van der Waals surface area contributed by atoms with Crippen molar-refractivity contribution in [1.29, 1.82) is 0 Å². The Morgan fingerprint density at radius 3 is 2.81 bits per heavy atom. The number of fused-ring (bicyclic) bond motifs is 1. The van der Waals surface area contributed by atoms with Crippen LogP contribution in [0.1, 0.15) is 32.9 Å². The number of hydrogen-bond acceptors (Lipinski definition) is 3. The third-order valence-corrected chi connectivity index (χ3v) is 3.89. The Hall–Kier alpha value is -2.20. The number of rotatable bonds is 3. The molecule has 1 aromatic heterocycles. The van der Waals surface area contributed by atoms with Gasteiger partial charge in [0.15, 0.2) is 5.69 Å². The number of aryl methyl sites for hydroxylation is 1. The summed E-state index contributed by atoms with van der Waals surface area (Å²) in [5.74, 6) is -0.943. The number of aromatic nitrogens is 1. The van der Waals surface area contributed by atoms with Crippen LogP contribution in [0.15, 0.2) is 36.4 Å². The van der Waals surface area contributed by atoms with E-state index < -0.39 is 5.97 Å². The molecule has 0 saturated carbocycles. The number of carbonyl (C=O) groups is 1. The van der Waals surface area contributed by atoms with E-state index in [1.54, 1.807) is 0 Å². The van der Waals surface area contributed by atoms with Crippen molar-refractivity contribution in [2.24, 2.45) is 0 Å². The average Bonchev–Trinajstić information content (AvgIpc) is 2.47. The maximum Gasteiger partial charge on any atom is 0.354 e. The van der Waals surface area contributed by atoms with E-state index in [-0.39, 0.29) is 5.69 Å². The Morgan fingerprint density at radius 2 is 2.10 bits per heavy atom. The molecule has 3 rings (SSSR count). The van der Waals surface area contributed by atoms with Gasteiger partial charge in [0.2, 0.25) is 0 Å². The predicted molar refractivity (Wildman–Crippen MR) is 80.2 cm³/mol. The molecule has 0 amide bonds. The largest absolute Gasteiger partial charge is 0.477 e. The van der Waals surface area contributed by atoms with Gasteiger partial charge in [-0.25, -0.2) is 9.78 Å². The lowest BCUT2D eigenvalue weighted by molar-refractivity contribution is 0.0689.